The van der Waals surface area contributed by atoms with Crippen molar-refractivity contribution in [3.63, 3.8) is 0 Å². The van der Waals surface area contributed by atoms with E-state index in [0.29, 0.717) is 11.6 Å². The summed E-state index contributed by atoms with van der Waals surface area (Å²) in [5, 5.41) is 11.9. The first-order chi connectivity index (χ1) is 28.3. The van der Waals surface area contributed by atoms with Gasteiger partial charge in [-0.2, -0.15) is 10.4 Å². The number of halogens is 3. The van der Waals surface area contributed by atoms with Gasteiger partial charge in [0, 0.05) is 55.5 Å². The largest absolute Gasteiger partial charge is 0.512 e. The van der Waals surface area contributed by atoms with Crippen LogP contribution in [0.2, 0.25) is 0 Å². The Labute approximate surface area is 343 Å². The Morgan fingerprint density at radius 2 is 1.75 bits per heavy atom. The van der Waals surface area contributed by atoms with Gasteiger partial charge in [-0.1, -0.05) is 24.3 Å². The molecule has 3 aromatic rings. The number of aromatic nitrogens is 3. The van der Waals surface area contributed by atoms with Crippen LogP contribution in [0, 0.1) is 28.8 Å². The lowest BCUT2D eigenvalue weighted by Crippen LogP contribution is -2.47. The van der Waals surface area contributed by atoms with Crippen molar-refractivity contribution in [2.75, 3.05) is 53.2 Å². The molecule has 19 heteroatoms. The highest BCUT2D eigenvalue weighted by atomic mass is 32.2. The standard InChI is InChI=1S/C40H45F3N6O9S/c1-27(59-32-21-53-38(54-22-32)7-5-4-6-30-9-8-29(20-44)18-34(30)42)40(23-49-25-45-24-46-49,33-11-10-31(41)19-35(33)43)58-39(52)57-28(2)56-37(51)13-12-36(50)55-26-48-16-14-47(3)15-17-48/h4-11,18-19,24-25,27-28,32,38H,12-17,21-23,26H2,1-3H3. The molecule has 2 aromatic carbocycles. The number of nitriles is 1. The molecule has 0 amide bonds. The van der Waals surface area contributed by atoms with Crippen LogP contribution in [-0.4, -0.2) is 119 Å². The van der Waals surface area contributed by atoms with Gasteiger partial charge < -0.3 is 33.3 Å². The Bertz CT molecular complexity index is 1990. The minimum Gasteiger partial charge on any atom is -0.449 e. The summed E-state index contributed by atoms with van der Waals surface area (Å²) in [6, 6.07) is 8.87. The van der Waals surface area contributed by atoms with E-state index in [0.717, 1.165) is 44.4 Å². The van der Waals surface area contributed by atoms with Gasteiger partial charge in [-0.15, -0.1) is 11.8 Å². The van der Waals surface area contributed by atoms with Gasteiger partial charge in [0.05, 0.1) is 49.5 Å². The van der Waals surface area contributed by atoms with Crippen molar-refractivity contribution in [2.24, 2.45) is 0 Å². The maximum atomic E-state index is 15.8. The fourth-order valence-electron chi connectivity index (χ4n) is 6.12. The first kappa shape index (κ1) is 44.8. The average molecular weight is 843 g/mol. The number of carbonyl (C=O) groups excluding carboxylic acids is 3. The Hall–Kier alpha value is -5.26. The smallest absolute Gasteiger partial charge is 0.449 e. The predicted molar refractivity (Wildman–Crippen MR) is 206 cm³/mol. The molecule has 3 heterocycles. The number of rotatable bonds is 17. The summed E-state index contributed by atoms with van der Waals surface area (Å²) in [7, 11) is 2.01. The summed E-state index contributed by atoms with van der Waals surface area (Å²) < 4.78 is 78.9. The number of carbonyl (C=O) groups is 3. The molecule has 15 nitrogen and oxygen atoms in total. The number of benzene rings is 2. The molecule has 2 fully saturated rings. The van der Waals surface area contributed by atoms with Crippen LogP contribution < -0.4 is 0 Å². The Morgan fingerprint density at radius 1 is 1.00 bits per heavy atom. The number of hydrogen-bond acceptors (Lipinski definition) is 15. The van der Waals surface area contributed by atoms with E-state index in [2.05, 4.69) is 15.0 Å². The number of thioether (sulfide) groups is 1. The van der Waals surface area contributed by atoms with E-state index in [9.17, 15) is 23.2 Å². The fourth-order valence-corrected chi connectivity index (χ4v) is 7.48. The van der Waals surface area contributed by atoms with E-state index in [1.54, 1.807) is 25.2 Å². The Balaban J connectivity index is 1.21. The second kappa shape index (κ2) is 21.7. The van der Waals surface area contributed by atoms with Crippen LogP contribution in [0.25, 0.3) is 6.08 Å². The topological polar surface area (TPSA) is 168 Å². The quantitative estimate of drug-likeness (QED) is 0.0756. The van der Waals surface area contributed by atoms with Crippen LogP contribution in [0.4, 0.5) is 18.0 Å². The third-order valence-corrected chi connectivity index (χ3v) is 10.8. The minimum atomic E-state index is -1.92. The minimum absolute atomic E-state index is 0.109. The number of allylic oxidation sites excluding steroid dienone is 2. The van der Waals surface area contributed by atoms with E-state index in [-0.39, 0.29) is 55.7 Å². The second-order valence-corrected chi connectivity index (χ2v) is 15.4. The van der Waals surface area contributed by atoms with Gasteiger partial charge in [0.15, 0.2) is 11.9 Å². The zero-order chi connectivity index (χ0) is 42.4. The van der Waals surface area contributed by atoms with Crippen LogP contribution in [0.15, 0.2) is 67.3 Å². The van der Waals surface area contributed by atoms with Crippen LogP contribution in [0.3, 0.4) is 0 Å². The van der Waals surface area contributed by atoms with Gasteiger partial charge in [0.1, 0.15) is 36.8 Å². The van der Waals surface area contributed by atoms with Gasteiger partial charge >= 0.3 is 18.1 Å². The van der Waals surface area contributed by atoms with Gasteiger partial charge in [-0.3, -0.25) is 14.5 Å². The molecule has 1 aromatic heterocycles. The molecular weight excluding hydrogens is 798 g/mol. The van der Waals surface area contributed by atoms with Crippen LogP contribution in [0.1, 0.15) is 43.4 Å². The number of esters is 2. The van der Waals surface area contributed by atoms with Crippen molar-refractivity contribution < 1.29 is 56.0 Å². The Kier molecular flexibility index (Phi) is 16.5. The lowest BCUT2D eigenvalue weighted by Gasteiger charge is -2.40. The summed E-state index contributed by atoms with van der Waals surface area (Å²) in [4.78, 5) is 46.4. The van der Waals surface area contributed by atoms with Crippen LogP contribution in [-0.2, 0) is 50.2 Å². The molecule has 2 aliphatic rings. The molecule has 0 saturated carbocycles. The number of nitrogens with zero attached hydrogens (tertiary/aromatic N) is 6. The molecule has 0 radical (unpaired) electrons. The molecule has 0 bridgehead atoms. The highest BCUT2D eigenvalue weighted by Crippen LogP contribution is 2.42. The SMILES string of the molecule is CC(OC(=O)CCC(=O)OCN1CCN(C)CC1)OC(=O)OC(Cn1cncn1)(c1ccc(F)cc1F)C(C)SC1COC(C=CC=Cc2ccc(C#N)cc2F)OC1. The zero-order valence-corrected chi connectivity index (χ0v) is 33.5. The molecule has 0 spiro atoms. The van der Waals surface area contributed by atoms with E-state index in [1.807, 2.05) is 18.0 Å². The molecule has 59 heavy (non-hydrogen) atoms. The summed E-state index contributed by atoms with van der Waals surface area (Å²) in [5.74, 6) is -3.85. The number of likely N-dealkylation sites (N-methyl/N-ethyl adjacent to an activating group) is 1. The van der Waals surface area contributed by atoms with Gasteiger partial charge in [0.25, 0.3) is 0 Å². The van der Waals surface area contributed by atoms with Gasteiger partial charge in [0.2, 0.25) is 6.29 Å². The molecule has 316 valence electrons. The van der Waals surface area contributed by atoms with Crippen molar-refractivity contribution in [1.29, 1.82) is 5.26 Å². The summed E-state index contributed by atoms with van der Waals surface area (Å²) in [6.45, 7) is 6.26. The second-order valence-electron chi connectivity index (χ2n) is 13.7. The monoisotopic (exact) mass is 842 g/mol. The third-order valence-electron chi connectivity index (χ3n) is 9.34. The maximum Gasteiger partial charge on any atom is 0.512 e. The average Bonchev–Trinajstić information content (AvgIpc) is 3.72. The summed E-state index contributed by atoms with van der Waals surface area (Å²) in [6.07, 6.45) is 4.78. The van der Waals surface area contributed by atoms with E-state index >= 15 is 4.39 Å². The molecule has 0 aliphatic carbocycles. The van der Waals surface area contributed by atoms with Crippen molar-refractivity contribution >= 4 is 35.9 Å². The van der Waals surface area contributed by atoms with E-state index in [1.165, 1.54) is 54.2 Å². The molecule has 3 unspecified atom stereocenters. The molecule has 2 saturated heterocycles. The van der Waals surface area contributed by atoms with Crippen molar-refractivity contribution in [2.45, 2.75) is 61.9 Å². The first-order valence-corrected chi connectivity index (χ1v) is 19.6. The van der Waals surface area contributed by atoms with Crippen molar-refractivity contribution in [3.05, 3.63) is 101 Å². The number of piperazine rings is 1. The van der Waals surface area contributed by atoms with Crippen LogP contribution in [0.5, 0.6) is 0 Å². The third kappa shape index (κ3) is 13.4. The van der Waals surface area contributed by atoms with Crippen molar-refractivity contribution in [3.8, 4) is 6.07 Å². The van der Waals surface area contributed by atoms with Gasteiger partial charge in [-0.05, 0) is 44.3 Å². The lowest BCUT2D eigenvalue weighted by atomic mass is 9.89. The molecule has 3 atom stereocenters. The molecule has 0 N–H and O–H groups in total. The highest BCUT2D eigenvalue weighted by molar-refractivity contribution is 8.00. The fraction of sp³-hybridized carbons (Fsp3) is 0.450. The first-order valence-electron chi connectivity index (χ1n) is 18.7. The lowest BCUT2D eigenvalue weighted by molar-refractivity contribution is -0.173. The van der Waals surface area contributed by atoms with Crippen molar-refractivity contribution in [1.82, 2.24) is 24.6 Å². The predicted octanol–water partition coefficient (Wildman–Crippen LogP) is 5.17. The highest BCUT2D eigenvalue weighted by Gasteiger charge is 2.47. The summed E-state index contributed by atoms with van der Waals surface area (Å²) >= 11 is 1.24. The molecule has 2 aliphatic heterocycles. The van der Waals surface area contributed by atoms with Crippen LogP contribution >= 0.6 is 11.8 Å². The van der Waals surface area contributed by atoms with Gasteiger partial charge in [-0.25, -0.2) is 27.6 Å². The molecule has 5 rings (SSSR count). The van der Waals surface area contributed by atoms with E-state index in [4.69, 9.17) is 33.7 Å². The maximum absolute atomic E-state index is 15.8. The van der Waals surface area contributed by atoms with E-state index < -0.39 is 59.0 Å². The normalized spacial score (nSPS) is 19.7. The summed E-state index contributed by atoms with van der Waals surface area (Å²) in [5.41, 5.74) is -1.62. The molecular formula is C40H45F3N6O9S. The Morgan fingerprint density at radius 3 is 2.42 bits per heavy atom. The zero-order valence-electron chi connectivity index (χ0n) is 32.7. The number of hydrogen-bond donors (Lipinski definition) is 0. The number of ether oxygens (including phenoxy) is 6.